The lowest BCUT2D eigenvalue weighted by molar-refractivity contribution is -0.160. The number of aromatic nitrogens is 4. The molecule has 16 heteroatoms. The zero-order valence-electron chi connectivity index (χ0n) is 24.3. The van der Waals surface area contributed by atoms with Crippen LogP contribution in [0, 0.1) is 23.7 Å². The number of nitrogens with one attached hydrogen (secondary N) is 2. The molecule has 6 atom stereocenters. The van der Waals surface area contributed by atoms with E-state index < -0.39 is 11.9 Å². The number of amides is 3. The van der Waals surface area contributed by atoms with Crippen LogP contribution in [0.25, 0.3) is 0 Å². The number of ketones is 1. The summed E-state index contributed by atoms with van der Waals surface area (Å²) in [4.78, 5) is 66.3. The number of carboxylic acids is 1. The first-order valence-electron chi connectivity index (χ1n) is 14.8. The quantitative estimate of drug-likeness (QED) is 0.193. The van der Waals surface area contributed by atoms with Crippen molar-refractivity contribution in [1.82, 2.24) is 40.6 Å². The number of primary amides is 1. The maximum absolute atomic E-state index is 13.3. The molecule has 4 aliphatic heterocycles. The summed E-state index contributed by atoms with van der Waals surface area (Å²) in [5, 5.41) is 27.2. The van der Waals surface area contributed by atoms with E-state index in [9.17, 15) is 29.1 Å². The number of fused-ring (bicyclic) bond motifs is 1. The third kappa shape index (κ3) is 6.60. The molecule has 0 aliphatic carbocycles. The number of nitrogens with two attached hydrogens (primary N) is 1. The van der Waals surface area contributed by atoms with Crippen LogP contribution >= 0.6 is 11.8 Å². The maximum atomic E-state index is 13.3. The summed E-state index contributed by atoms with van der Waals surface area (Å²) in [6.07, 6.45) is 3.79. The van der Waals surface area contributed by atoms with Crippen molar-refractivity contribution in [3.8, 4) is 0 Å². The molecule has 3 saturated heterocycles. The van der Waals surface area contributed by atoms with Crippen molar-refractivity contribution >= 4 is 41.2 Å². The predicted octanol–water partition coefficient (Wildman–Crippen LogP) is -1.18. The zero-order chi connectivity index (χ0) is 30.8. The number of Topliss-reactive ketones (excluding diaryl/α,β-unsaturated/α-hetero) is 1. The van der Waals surface area contributed by atoms with E-state index in [1.54, 1.807) is 0 Å². The average Bonchev–Trinajstić information content (AvgIpc) is 3.69. The van der Waals surface area contributed by atoms with E-state index in [-0.39, 0.29) is 77.9 Å². The van der Waals surface area contributed by atoms with Gasteiger partial charge in [-0.2, -0.15) is 0 Å². The maximum Gasteiger partial charge on any atom is 0.353 e. The molecule has 0 saturated carbocycles. The highest BCUT2D eigenvalue weighted by Gasteiger charge is 2.60. The van der Waals surface area contributed by atoms with Crippen LogP contribution in [-0.4, -0.2) is 115 Å². The Balaban J connectivity index is 1.15. The molecule has 1 aromatic heterocycles. The smallest absolute Gasteiger partial charge is 0.353 e. The first kappa shape index (κ1) is 31.1. The molecule has 4 aliphatic rings. The lowest BCUT2D eigenvalue weighted by Gasteiger charge is -2.47. The molecule has 0 aromatic carbocycles. The van der Waals surface area contributed by atoms with Crippen molar-refractivity contribution in [1.29, 1.82) is 0 Å². The third-order valence-electron chi connectivity index (χ3n) is 9.02. The molecule has 5 heterocycles. The van der Waals surface area contributed by atoms with Gasteiger partial charge in [0, 0.05) is 42.1 Å². The van der Waals surface area contributed by atoms with Crippen molar-refractivity contribution in [2.45, 2.75) is 63.4 Å². The molecule has 15 nitrogen and oxygen atoms in total. The number of piperidine rings is 1. The molecule has 5 N–H and O–H groups in total. The second-order valence-electron chi connectivity index (χ2n) is 12.1. The normalized spacial score (nSPS) is 28.1. The van der Waals surface area contributed by atoms with Crippen molar-refractivity contribution in [3.05, 3.63) is 16.9 Å². The number of carboxylic acid groups (broad SMARTS) is 1. The van der Waals surface area contributed by atoms with Crippen molar-refractivity contribution < 1.29 is 29.1 Å². The van der Waals surface area contributed by atoms with Crippen LogP contribution in [0.5, 0.6) is 0 Å². The highest BCUT2D eigenvalue weighted by atomic mass is 32.2. The van der Waals surface area contributed by atoms with Gasteiger partial charge in [0.2, 0.25) is 17.7 Å². The number of carbonyl (C=O) groups is 5. The fraction of sp³-hybridized carbons (Fsp3) is 0.704. The SMILES string of the molecule is C[C@@H](CC(=O)Cn1cnnn1)[C@H]1C(=O)N2C(C(=O)O)=C(S[C@@H]3CNC(C(=O)N4CCC(CNCC(N)=O)CC4)C3)[C@H](C)[C@H]12. The zero-order valence-corrected chi connectivity index (χ0v) is 25.2. The van der Waals surface area contributed by atoms with Crippen LogP contribution in [0.4, 0.5) is 0 Å². The molecule has 0 radical (unpaired) electrons. The van der Waals surface area contributed by atoms with E-state index in [0.717, 1.165) is 12.8 Å². The fourth-order valence-electron chi connectivity index (χ4n) is 6.89. The van der Waals surface area contributed by atoms with Gasteiger partial charge in [0.1, 0.15) is 18.6 Å². The van der Waals surface area contributed by atoms with E-state index in [1.807, 2.05) is 18.7 Å². The first-order chi connectivity index (χ1) is 20.5. The van der Waals surface area contributed by atoms with Crippen molar-refractivity contribution in [3.63, 3.8) is 0 Å². The van der Waals surface area contributed by atoms with Crippen molar-refractivity contribution in [2.24, 2.45) is 29.4 Å². The molecule has 0 bridgehead atoms. The Kier molecular flexibility index (Phi) is 9.46. The number of β-lactam (4-membered cyclic amide) rings is 1. The number of tetrazole rings is 1. The third-order valence-corrected chi connectivity index (χ3v) is 10.5. The Morgan fingerprint density at radius 1 is 1.26 bits per heavy atom. The van der Waals surface area contributed by atoms with E-state index in [0.29, 0.717) is 43.4 Å². The Hall–Kier alpha value is -3.37. The summed E-state index contributed by atoms with van der Waals surface area (Å²) in [5.41, 5.74) is 5.20. The van der Waals surface area contributed by atoms with Crippen molar-refractivity contribution in [2.75, 3.05) is 32.7 Å². The molecule has 3 fully saturated rings. The Morgan fingerprint density at radius 2 is 2.00 bits per heavy atom. The number of nitrogens with zero attached hydrogens (tertiary/aromatic N) is 6. The van der Waals surface area contributed by atoms with Gasteiger partial charge in [-0.3, -0.25) is 19.2 Å². The number of rotatable bonds is 13. The molecular formula is C27H39N9O6S. The lowest BCUT2D eigenvalue weighted by Crippen LogP contribution is -2.62. The van der Waals surface area contributed by atoms with E-state index in [4.69, 9.17) is 5.73 Å². The molecule has 43 heavy (non-hydrogen) atoms. The molecule has 3 amide bonds. The Bertz CT molecular complexity index is 1280. The van der Waals surface area contributed by atoms with Gasteiger partial charge in [-0.1, -0.05) is 13.8 Å². The standard InChI is InChI=1S/C27H39N9O6S/c1-14(7-17(37)12-35-13-31-32-33-35)21-22-15(2)24(23(27(41)42)36(22)26(21)40)43-18-8-19(30-10-18)25(39)34-5-3-16(4-6-34)9-29-11-20(28)38/h13-16,18-19,21-22,29-30H,3-12H2,1-2H3,(H2,28,38)(H,41,42)/t14-,15+,18-,19?,21+,22+/m0/s1. The van der Waals surface area contributed by atoms with Crippen LogP contribution < -0.4 is 16.4 Å². The molecular weight excluding hydrogens is 578 g/mol. The summed E-state index contributed by atoms with van der Waals surface area (Å²) in [6, 6.07) is -0.660. The van der Waals surface area contributed by atoms with Crippen LogP contribution in [0.2, 0.25) is 0 Å². The van der Waals surface area contributed by atoms with Gasteiger partial charge < -0.3 is 31.3 Å². The number of likely N-dealkylation sites (tertiary alicyclic amines) is 1. The fourth-order valence-corrected chi connectivity index (χ4v) is 8.37. The summed E-state index contributed by atoms with van der Waals surface area (Å²) < 4.78 is 1.34. The second-order valence-corrected chi connectivity index (χ2v) is 13.4. The van der Waals surface area contributed by atoms with E-state index >= 15 is 0 Å². The Labute approximate surface area is 253 Å². The summed E-state index contributed by atoms with van der Waals surface area (Å²) >= 11 is 1.45. The highest BCUT2D eigenvalue weighted by Crippen LogP contribution is 2.53. The largest absolute Gasteiger partial charge is 0.477 e. The summed E-state index contributed by atoms with van der Waals surface area (Å²) in [5.74, 6) is -2.38. The number of carbonyl (C=O) groups excluding carboxylic acids is 4. The molecule has 1 unspecified atom stereocenters. The Morgan fingerprint density at radius 3 is 2.65 bits per heavy atom. The predicted molar refractivity (Wildman–Crippen MR) is 154 cm³/mol. The minimum absolute atomic E-state index is 0.0150. The molecule has 5 rings (SSSR count). The summed E-state index contributed by atoms with van der Waals surface area (Å²) in [6.45, 7) is 6.52. The second kappa shape index (κ2) is 13.1. The van der Waals surface area contributed by atoms with Gasteiger partial charge in [0.15, 0.2) is 5.78 Å². The van der Waals surface area contributed by atoms with Gasteiger partial charge in [0.25, 0.3) is 0 Å². The topological polar surface area (TPSA) is 206 Å². The van der Waals surface area contributed by atoms with Crippen LogP contribution in [0.15, 0.2) is 16.9 Å². The monoisotopic (exact) mass is 617 g/mol. The van der Waals surface area contributed by atoms with Gasteiger partial charge in [-0.05, 0) is 48.1 Å². The van der Waals surface area contributed by atoms with Crippen LogP contribution in [0.1, 0.15) is 39.5 Å². The van der Waals surface area contributed by atoms with Crippen LogP contribution in [-0.2, 0) is 30.5 Å². The molecule has 234 valence electrons. The number of thioether (sulfide) groups is 1. The number of hydrogen-bond acceptors (Lipinski definition) is 11. The number of hydrogen-bond donors (Lipinski definition) is 4. The summed E-state index contributed by atoms with van der Waals surface area (Å²) in [7, 11) is 0. The van der Waals surface area contributed by atoms with Crippen LogP contribution in [0.3, 0.4) is 0 Å². The average molecular weight is 618 g/mol. The highest BCUT2D eigenvalue weighted by molar-refractivity contribution is 8.03. The minimum atomic E-state index is -1.14. The van der Waals surface area contributed by atoms with Gasteiger partial charge >= 0.3 is 5.97 Å². The van der Waals surface area contributed by atoms with Gasteiger partial charge in [0.05, 0.1) is 24.5 Å². The minimum Gasteiger partial charge on any atom is -0.477 e. The molecule has 0 spiro atoms. The first-order valence-corrected chi connectivity index (χ1v) is 15.6. The van der Waals surface area contributed by atoms with Gasteiger partial charge in [-0.15, -0.1) is 16.9 Å². The van der Waals surface area contributed by atoms with Gasteiger partial charge in [-0.25, -0.2) is 9.48 Å². The van der Waals surface area contributed by atoms with E-state index in [1.165, 1.54) is 27.7 Å². The lowest BCUT2D eigenvalue weighted by atomic mass is 9.73. The molecule has 1 aromatic rings. The number of aliphatic carboxylic acids is 1. The van der Waals surface area contributed by atoms with E-state index in [2.05, 4.69) is 26.2 Å².